The molecule has 0 saturated carbocycles. The summed E-state index contributed by atoms with van der Waals surface area (Å²) in [6.45, 7) is 7.29. The van der Waals surface area contributed by atoms with Gasteiger partial charge in [0.25, 0.3) is 0 Å². The number of allylic oxidation sites excluding steroid dienone is 1. The summed E-state index contributed by atoms with van der Waals surface area (Å²) in [7, 11) is 1.24. The van der Waals surface area contributed by atoms with Crippen LogP contribution < -0.4 is 16.0 Å². The van der Waals surface area contributed by atoms with Gasteiger partial charge in [0.1, 0.15) is 5.56 Å². The van der Waals surface area contributed by atoms with Crippen LogP contribution >= 0.6 is 0 Å². The molecule has 4 N–H and O–H groups in total. The fourth-order valence-corrected chi connectivity index (χ4v) is 4.13. The van der Waals surface area contributed by atoms with Gasteiger partial charge in [-0.3, -0.25) is 5.32 Å². The number of alkyl halides is 3. The highest BCUT2D eigenvalue weighted by Crippen LogP contribution is 2.41. The van der Waals surface area contributed by atoms with E-state index in [4.69, 9.17) is 0 Å². The molecular formula is C23H25F3N6O2. The van der Waals surface area contributed by atoms with Crippen molar-refractivity contribution in [1.29, 1.82) is 0 Å². The van der Waals surface area contributed by atoms with E-state index in [0.29, 0.717) is 34.3 Å². The maximum Gasteiger partial charge on any atom is 0.419 e. The molecule has 1 amide bonds. The first kappa shape index (κ1) is 23.6. The topological polar surface area (TPSA) is 104 Å². The summed E-state index contributed by atoms with van der Waals surface area (Å²) in [4.78, 5) is 23.0. The number of H-pyrrole nitrogens is 1. The van der Waals surface area contributed by atoms with E-state index in [0.717, 1.165) is 25.6 Å². The van der Waals surface area contributed by atoms with Crippen LogP contribution in [0.1, 0.15) is 30.9 Å². The average molecular weight is 474 g/mol. The molecule has 3 aromatic rings. The molecule has 34 heavy (non-hydrogen) atoms. The molecule has 0 bridgehead atoms. The third kappa shape index (κ3) is 4.69. The number of hydrogen-bond acceptors (Lipinski definition) is 6. The highest BCUT2D eigenvalue weighted by molar-refractivity contribution is 6.05. The number of benzene rings is 1. The van der Waals surface area contributed by atoms with E-state index in [2.05, 4.69) is 42.2 Å². The summed E-state index contributed by atoms with van der Waals surface area (Å²) in [5.41, 5.74) is 1.21. The van der Waals surface area contributed by atoms with Crippen molar-refractivity contribution in [3.63, 3.8) is 0 Å². The van der Waals surface area contributed by atoms with Gasteiger partial charge in [0.05, 0.1) is 24.0 Å². The van der Waals surface area contributed by atoms with Crippen LogP contribution in [0.3, 0.4) is 0 Å². The molecule has 1 unspecified atom stereocenters. The first-order valence-electron chi connectivity index (χ1n) is 10.8. The molecule has 1 atom stereocenters. The van der Waals surface area contributed by atoms with Crippen LogP contribution in [0.25, 0.3) is 27.7 Å². The molecule has 0 spiro atoms. The van der Waals surface area contributed by atoms with Crippen LogP contribution in [0.2, 0.25) is 0 Å². The molecule has 180 valence electrons. The lowest BCUT2D eigenvalue weighted by atomic mass is 9.99. The summed E-state index contributed by atoms with van der Waals surface area (Å²) in [6.07, 6.45) is -1.20. The van der Waals surface area contributed by atoms with Crippen LogP contribution in [-0.4, -0.2) is 47.3 Å². The summed E-state index contributed by atoms with van der Waals surface area (Å²) < 4.78 is 46.3. The summed E-state index contributed by atoms with van der Waals surface area (Å²) in [5.74, 6) is 0.134. The van der Waals surface area contributed by atoms with Crippen molar-refractivity contribution < 1.29 is 22.7 Å². The van der Waals surface area contributed by atoms with Gasteiger partial charge in [-0.1, -0.05) is 12.6 Å². The van der Waals surface area contributed by atoms with Gasteiger partial charge in [-0.05, 0) is 37.9 Å². The monoisotopic (exact) mass is 474 g/mol. The molecule has 1 aliphatic rings. The van der Waals surface area contributed by atoms with E-state index in [1.165, 1.54) is 13.3 Å². The second-order valence-electron chi connectivity index (χ2n) is 8.15. The second kappa shape index (κ2) is 9.34. The largest absolute Gasteiger partial charge is 0.453 e. The fourth-order valence-electron chi connectivity index (χ4n) is 4.13. The highest BCUT2D eigenvalue weighted by atomic mass is 19.4. The number of amides is 1. The van der Waals surface area contributed by atoms with Crippen LogP contribution in [0, 0.1) is 0 Å². The number of aromatic amines is 1. The molecule has 2 aromatic heterocycles. The number of hydrogen-bond donors (Lipinski definition) is 4. The molecule has 11 heteroatoms. The van der Waals surface area contributed by atoms with Crippen molar-refractivity contribution in [1.82, 2.24) is 20.3 Å². The molecule has 0 aliphatic carbocycles. The normalized spacial score (nSPS) is 16.3. The minimum absolute atomic E-state index is 0.0308. The summed E-state index contributed by atoms with van der Waals surface area (Å²) in [5, 5.41) is 9.50. The zero-order chi connectivity index (χ0) is 24.5. The lowest BCUT2D eigenvalue weighted by Gasteiger charge is -2.24. The molecule has 0 radical (unpaired) electrons. The maximum atomic E-state index is 13.9. The number of fused-ring (bicyclic) bond motifs is 1. The summed E-state index contributed by atoms with van der Waals surface area (Å²) >= 11 is 0. The number of carbonyl (C=O) groups excluding carboxylic acids is 1. The molecular weight excluding hydrogens is 449 g/mol. The lowest BCUT2D eigenvalue weighted by molar-refractivity contribution is -0.137. The first-order chi connectivity index (χ1) is 16.2. The first-order valence-corrected chi connectivity index (χ1v) is 10.8. The van der Waals surface area contributed by atoms with Crippen LogP contribution in [0.4, 0.5) is 29.6 Å². The molecule has 1 saturated heterocycles. The van der Waals surface area contributed by atoms with E-state index in [1.54, 1.807) is 19.1 Å². The Bertz CT molecular complexity index is 1230. The zero-order valence-corrected chi connectivity index (χ0v) is 18.8. The Morgan fingerprint density at radius 2 is 2.12 bits per heavy atom. The number of nitrogens with zero attached hydrogens (tertiary/aromatic N) is 2. The van der Waals surface area contributed by atoms with Gasteiger partial charge in [-0.15, -0.1) is 0 Å². The van der Waals surface area contributed by atoms with Crippen molar-refractivity contribution >= 4 is 34.2 Å². The van der Waals surface area contributed by atoms with Gasteiger partial charge in [0.2, 0.25) is 5.95 Å². The van der Waals surface area contributed by atoms with E-state index < -0.39 is 17.8 Å². The molecule has 4 rings (SSSR count). The molecule has 3 heterocycles. The number of methoxy groups -OCH3 is 1. The maximum absolute atomic E-state index is 13.9. The van der Waals surface area contributed by atoms with Gasteiger partial charge >= 0.3 is 12.3 Å². The quantitative estimate of drug-likeness (QED) is 0.414. The van der Waals surface area contributed by atoms with Crippen molar-refractivity contribution in [3.05, 3.63) is 42.2 Å². The smallest absolute Gasteiger partial charge is 0.419 e. The van der Waals surface area contributed by atoms with E-state index in [-0.39, 0.29) is 23.2 Å². The van der Waals surface area contributed by atoms with Gasteiger partial charge in [0, 0.05) is 41.5 Å². The predicted octanol–water partition coefficient (Wildman–Crippen LogP) is 5.02. The Morgan fingerprint density at radius 1 is 1.32 bits per heavy atom. The molecule has 1 aliphatic heterocycles. The van der Waals surface area contributed by atoms with Crippen molar-refractivity contribution in [3.8, 4) is 11.3 Å². The van der Waals surface area contributed by atoms with Gasteiger partial charge in [-0.2, -0.15) is 13.2 Å². The van der Waals surface area contributed by atoms with Crippen molar-refractivity contribution in [2.75, 3.05) is 30.8 Å². The van der Waals surface area contributed by atoms with E-state index in [1.807, 2.05) is 0 Å². The standard InChI is InChI=1S/C23H25F3N6O2/c1-12(2)18-17(31-22(33)34-3)7-6-14-15(10-28-20(14)18)19-16(23(24,25)26)11-29-21(32-19)30-13-5-4-8-27-9-13/h6-7,10-11,13,27-28H,1,4-5,8-9H2,2-3H3,(H,31,33)(H,29,30,32). The SMILES string of the molecule is C=C(C)c1c(NC(=O)OC)ccc2c(-c3nc(NC4CCCNC4)ncc3C(F)(F)F)c[nH]c12. The zero-order valence-electron chi connectivity index (χ0n) is 18.8. The third-order valence-electron chi connectivity index (χ3n) is 5.68. The second-order valence-corrected chi connectivity index (χ2v) is 8.15. The van der Waals surface area contributed by atoms with Crippen LogP contribution in [-0.2, 0) is 10.9 Å². The minimum atomic E-state index is -4.65. The minimum Gasteiger partial charge on any atom is -0.453 e. The van der Waals surface area contributed by atoms with E-state index >= 15 is 0 Å². The Morgan fingerprint density at radius 3 is 2.76 bits per heavy atom. The number of nitrogens with one attached hydrogen (secondary N) is 4. The van der Waals surface area contributed by atoms with Crippen molar-refractivity contribution in [2.45, 2.75) is 32.0 Å². The number of rotatable bonds is 5. The Kier molecular flexibility index (Phi) is 6.47. The Labute approximate surface area is 194 Å². The van der Waals surface area contributed by atoms with Gasteiger partial charge < -0.3 is 20.4 Å². The van der Waals surface area contributed by atoms with Crippen LogP contribution in [0.5, 0.6) is 0 Å². The Balaban J connectivity index is 1.83. The van der Waals surface area contributed by atoms with Crippen LogP contribution in [0.15, 0.2) is 31.1 Å². The van der Waals surface area contributed by atoms with Gasteiger partial charge in [-0.25, -0.2) is 14.8 Å². The average Bonchev–Trinajstić information content (AvgIpc) is 3.22. The number of ether oxygens (including phenoxy) is 1. The fraction of sp³-hybridized carbons (Fsp3) is 0.348. The number of piperidine rings is 1. The summed E-state index contributed by atoms with van der Waals surface area (Å²) in [6, 6.07) is 3.25. The third-order valence-corrected chi connectivity index (χ3v) is 5.68. The number of aromatic nitrogens is 3. The number of halogens is 3. The molecule has 8 nitrogen and oxygen atoms in total. The molecule has 1 aromatic carbocycles. The van der Waals surface area contributed by atoms with Crippen molar-refractivity contribution in [2.24, 2.45) is 0 Å². The van der Waals surface area contributed by atoms with Gasteiger partial charge in [0.15, 0.2) is 0 Å². The molecule has 1 fully saturated rings. The lowest BCUT2D eigenvalue weighted by Crippen LogP contribution is -2.38. The number of anilines is 2. The predicted molar refractivity (Wildman–Crippen MR) is 125 cm³/mol. The highest BCUT2D eigenvalue weighted by Gasteiger charge is 2.36. The Hall–Kier alpha value is -3.60. The number of carbonyl (C=O) groups is 1. The van der Waals surface area contributed by atoms with E-state index in [9.17, 15) is 18.0 Å².